The molecule has 1 heterocycles. The van der Waals surface area contributed by atoms with Gasteiger partial charge in [-0.1, -0.05) is 0 Å². The van der Waals surface area contributed by atoms with Gasteiger partial charge in [-0.05, 0) is 32.9 Å². The van der Waals surface area contributed by atoms with Gasteiger partial charge in [0.25, 0.3) is 0 Å². The van der Waals surface area contributed by atoms with E-state index in [2.05, 4.69) is 4.90 Å². The van der Waals surface area contributed by atoms with Crippen LogP contribution in [0, 0.1) is 0 Å². The van der Waals surface area contributed by atoms with E-state index in [1.165, 1.54) is 0 Å². The Morgan fingerprint density at radius 2 is 2.40 bits per heavy atom. The van der Waals surface area contributed by atoms with E-state index in [4.69, 9.17) is 16.2 Å². The maximum Gasteiger partial charge on any atom is 0.234 e. The van der Waals surface area contributed by atoms with Gasteiger partial charge in [-0.15, -0.1) is 0 Å². The minimum absolute atomic E-state index is 0.347. The number of carbonyl (C=O) groups is 1. The molecule has 1 rings (SSSR count). The molecule has 1 fully saturated rings. The van der Waals surface area contributed by atoms with Gasteiger partial charge in [0.2, 0.25) is 5.91 Å². The number of carbonyl (C=O) groups excluding carboxylic acids is 1. The van der Waals surface area contributed by atoms with Gasteiger partial charge in [-0.3, -0.25) is 4.79 Å². The second-order valence-corrected chi connectivity index (χ2v) is 4.19. The molecular weight excluding hydrogens is 194 g/mol. The maximum atomic E-state index is 10.7. The van der Waals surface area contributed by atoms with E-state index >= 15 is 0 Å². The van der Waals surface area contributed by atoms with Gasteiger partial charge in [-0.25, -0.2) is 0 Å². The summed E-state index contributed by atoms with van der Waals surface area (Å²) >= 11 is 0. The number of amides is 1. The van der Waals surface area contributed by atoms with Gasteiger partial charge in [0, 0.05) is 13.2 Å². The number of hydrogen-bond donors (Lipinski definition) is 2. The molecule has 5 nitrogen and oxygen atoms in total. The Bertz CT molecular complexity index is 205. The standard InChI is InChI=1S/C10H21N3O2/c1-13(5-4-9(11)10(12)14)7-8-3-2-6-15-8/h8-9H,2-7,11H2,1H3,(H2,12,14). The molecule has 88 valence electrons. The van der Waals surface area contributed by atoms with Crippen LogP contribution in [-0.4, -0.2) is 49.7 Å². The lowest BCUT2D eigenvalue weighted by Crippen LogP contribution is -2.40. The average Bonchev–Trinajstić information content (AvgIpc) is 2.66. The van der Waals surface area contributed by atoms with Crippen molar-refractivity contribution in [1.82, 2.24) is 4.90 Å². The van der Waals surface area contributed by atoms with Crippen LogP contribution in [0.4, 0.5) is 0 Å². The number of ether oxygens (including phenoxy) is 1. The Balaban J connectivity index is 2.12. The van der Waals surface area contributed by atoms with Crippen molar-refractivity contribution >= 4 is 5.91 Å². The van der Waals surface area contributed by atoms with Crippen LogP contribution < -0.4 is 11.5 Å². The van der Waals surface area contributed by atoms with Crippen molar-refractivity contribution in [3.63, 3.8) is 0 Å². The van der Waals surface area contributed by atoms with Crippen molar-refractivity contribution in [2.24, 2.45) is 11.5 Å². The molecule has 1 amide bonds. The zero-order valence-corrected chi connectivity index (χ0v) is 9.32. The second kappa shape index (κ2) is 6.05. The van der Waals surface area contributed by atoms with Gasteiger partial charge < -0.3 is 21.1 Å². The highest BCUT2D eigenvalue weighted by Gasteiger charge is 2.18. The van der Waals surface area contributed by atoms with Crippen LogP contribution in [0.1, 0.15) is 19.3 Å². The Labute approximate surface area is 90.7 Å². The van der Waals surface area contributed by atoms with Crippen LogP contribution in [0.3, 0.4) is 0 Å². The summed E-state index contributed by atoms with van der Waals surface area (Å²) in [6.45, 7) is 2.56. The monoisotopic (exact) mass is 215 g/mol. The number of rotatable bonds is 6. The minimum atomic E-state index is -0.531. The molecule has 0 aromatic heterocycles. The van der Waals surface area contributed by atoms with Crippen LogP contribution in [0.2, 0.25) is 0 Å². The SMILES string of the molecule is CN(CCC(N)C(N)=O)CC1CCCO1. The molecule has 2 atom stereocenters. The van der Waals surface area contributed by atoms with E-state index in [0.717, 1.165) is 32.5 Å². The zero-order valence-electron chi connectivity index (χ0n) is 9.32. The predicted molar refractivity (Wildman–Crippen MR) is 58.3 cm³/mol. The first-order valence-electron chi connectivity index (χ1n) is 5.44. The molecule has 15 heavy (non-hydrogen) atoms. The molecule has 1 saturated heterocycles. The van der Waals surface area contributed by atoms with E-state index < -0.39 is 11.9 Å². The van der Waals surface area contributed by atoms with Crippen LogP contribution in [0.5, 0.6) is 0 Å². The highest BCUT2D eigenvalue weighted by Crippen LogP contribution is 2.12. The molecule has 5 heteroatoms. The van der Waals surface area contributed by atoms with E-state index in [-0.39, 0.29) is 0 Å². The predicted octanol–water partition coefficient (Wildman–Crippen LogP) is -0.700. The quantitative estimate of drug-likeness (QED) is 0.614. The van der Waals surface area contributed by atoms with E-state index in [9.17, 15) is 4.79 Å². The van der Waals surface area contributed by atoms with Crippen molar-refractivity contribution in [3.8, 4) is 0 Å². The highest BCUT2D eigenvalue weighted by molar-refractivity contribution is 5.79. The lowest BCUT2D eigenvalue weighted by atomic mass is 10.2. The van der Waals surface area contributed by atoms with E-state index in [1.54, 1.807) is 0 Å². The first-order chi connectivity index (χ1) is 7.09. The Morgan fingerprint density at radius 1 is 1.67 bits per heavy atom. The van der Waals surface area contributed by atoms with Gasteiger partial charge in [0.15, 0.2) is 0 Å². The van der Waals surface area contributed by atoms with E-state index in [1.807, 2.05) is 7.05 Å². The fraction of sp³-hybridized carbons (Fsp3) is 0.900. The molecule has 0 radical (unpaired) electrons. The number of nitrogens with two attached hydrogens (primary N) is 2. The average molecular weight is 215 g/mol. The molecule has 4 N–H and O–H groups in total. The smallest absolute Gasteiger partial charge is 0.234 e. The lowest BCUT2D eigenvalue weighted by Gasteiger charge is -2.21. The third-order valence-corrected chi connectivity index (χ3v) is 2.73. The Morgan fingerprint density at radius 3 is 2.93 bits per heavy atom. The van der Waals surface area contributed by atoms with Crippen LogP contribution >= 0.6 is 0 Å². The maximum absolute atomic E-state index is 10.7. The van der Waals surface area contributed by atoms with Gasteiger partial charge in [0.05, 0.1) is 12.1 Å². The minimum Gasteiger partial charge on any atom is -0.377 e. The topological polar surface area (TPSA) is 81.6 Å². The van der Waals surface area contributed by atoms with Crippen molar-refractivity contribution in [2.75, 3.05) is 26.7 Å². The molecular formula is C10H21N3O2. The fourth-order valence-corrected chi connectivity index (χ4v) is 1.73. The molecule has 0 aromatic rings. The van der Waals surface area contributed by atoms with E-state index in [0.29, 0.717) is 12.5 Å². The van der Waals surface area contributed by atoms with Crippen LogP contribution in [-0.2, 0) is 9.53 Å². The summed E-state index contributed by atoms with van der Waals surface area (Å²) in [5, 5.41) is 0. The fourth-order valence-electron chi connectivity index (χ4n) is 1.73. The number of hydrogen-bond acceptors (Lipinski definition) is 4. The summed E-state index contributed by atoms with van der Waals surface area (Å²) in [4.78, 5) is 12.8. The van der Waals surface area contributed by atoms with Gasteiger partial charge in [0.1, 0.15) is 0 Å². The van der Waals surface area contributed by atoms with Crippen LogP contribution in [0.15, 0.2) is 0 Å². The molecule has 0 aliphatic carbocycles. The Hall–Kier alpha value is -0.650. The first-order valence-corrected chi connectivity index (χ1v) is 5.44. The summed E-state index contributed by atoms with van der Waals surface area (Å²) in [5.74, 6) is -0.430. The summed E-state index contributed by atoms with van der Waals surface area (Å²) in [5.41, 5.74) is 10.6. The number of likely N-dealkylation sites (N-methyl/N-ethyl adjacent to an activating group) is 1. The normalized spacial score (nSPS) is 23.3. The largest absolute Gasteiger partial charge is 0.377 e. The molecule has 1 aliphatic heterocycles. The van der Waals surface area contributed by atoms with Crippen molar-refractivity contribution in [3.05, 3.63) is 0 Å². The highest BCUT2D eigenvalue weighted by atomic mass is 16.5. The number of primary amides is 1. The van der Waals surface area contributed by atoms with Gasteiger partial charge >= 0.3 is 0 Å². The molecule has 1 aliphatic rings. The zero-order chi connectivity index (χ0) is 11.3. The number of nitrogens with zero attached hydrogens (tertiary/aromatic N) is 1. The lowest BCUT2D eigenvalue weighted by molar-refractivity contribution is -0.119. The summed E-state index contributed by atoms with van der Waals surface area (Å²) in [6, 6.07) is -0.531. The molecule has 0 spiro atoms. The third kappa shape index (κ3) is 4.59. The Kier molecular flexibility index (Phi) is 5.01. The van der Waals surface area contributed by atoms with Crippen molar-refractivity contribution < 1.29 is 9.53 Å². The molecule has 0 bridgehead atoms. The second-order valence-electron chi connectivity index (χ2n) is 4.19. The van der Waals surface area contributed by atoms with Crippen molar-refractivity contribution in [2.45, 2.75) is 31.4 Å². The summed E-state index contributed by atoms with van der Waals surface area (Å²) < 4.78 is 5.51. The molecule has 0 aromatic carbocycles. The molecule has 2 unspecified atom stereocenters. The van der Waals surface area contributed by atoms with Crippen molar-refractivity contribution in [1.29, 1.82) is 0 Å². The summed E-state index contributed by atoms with van der Waals surface area (Å²) in [7, 11) is 2.01. The first kappa shape index (κ1) is 12.4. The van der Waals surface area contributed by atoms with Gasteiger partial charge in [-0.2, -0.15) is 0 Å². The summed E-state index contributed by atoms with van der Waals surface area (Å²) in [6.07, 6.45) is 3.24. The third-order valence-electron chi connectivity index (χ3n) is 2.73. The molecule has 0 saturated carbocycles. The van der Waals surface area contributed by atoms with Crippen LogP contribution in [0.25, 0.3) is 0 Å².